The highest BCUT2D eigenvalue weighted by Crippen LogP contribution is 2.30. The largest absolute Gasteiger partial charge is 0.455 e. The van der Waals surface area contributed by atoms with Gasteiger partial charge in [0.1, 0.15) is 5.75 Å². The van der Waals surface area contributed by atoms with Crippen LogP contribution in [0.5, 0.6) is 11.5 Å². The van der Waals surface area contributed by atoms with Crippen LogP contribution in [0, 0.1) is 5.41 Å². The van der Waals surface area contributed by atoms with E-state index in [-0.39, 0.29) is 29.8 Å². The van der Waals surface area contributed by atoms with Crippen LogP contribution in [-0.4, -0.2) is 36.5 Å². The number of anilines is 1. The van der Waals surface area contributed by atoms with Crippen molar-refractivity contribution in [2.75, 3.05) is 25.0 Å². The van der Waals surface area contributed by atoms with Gasteiger partial charge >= 0.3 is 0 Å². The van der Waals surface area contributed by atoms with Gasteiger partial charge in [-0.05, 0) is 42.6 Å². The van der Waals surface area contributed by atoms with Crippen molar-refractivity contribution in [1.82, 2.24) is 4.90 Å². The molecular weight excluding hydrogens is 374 g/mol. The van der Waals surface area contributed by atoms with Crippen LogP contribution in [0.1, 0.15) is 26.7 Å². The quantitative estimate of drug-likeness (QED) is 0.755. The van der Waals surface area contributed by atoms with Gasteiger partial charge in [-0.3, -0.25) is 4.79 Å². The number of hydrogen-bond acceptors (Lipinski definition) is 4. The Bertz CT molecular complexity index is 767. The molecule has 3 N–H and O–H groups in total. The number of rotatable bonds is 6. The average molecular weight is 404 g/mol. The summed E-state index contributed by atoms with van der Waals surface area (Å²) < 4.78 is 5.90. The highest BCUT2D eigenvalue weighted by Gasteiger charge is 2.33. The van der Waals surface area contributed by atoms with Crippen molar-refractivity contribution >= 4 is 24.0 Å². The summed E-state index contributed by atoms with van der Waals surface area (Å²) in [6.07, 6.45) is 1.42. The van der Waals surface area contributed by atoms with E-state index in [9.17, 15) is 4.79 Å². The number of ether oxygens (including phenoxy) is 1. The average Bonchev–Trinajstić information content (AvgIpc) is 2.65. The maximum absolute atomic E-state index is 12.5. The van der Waals surface area contributed by atoms with Crippen molar-refractivity contribution in [3.8, 4) is 11.5 Å². The van der Waals surface area contributed by atoms with Crippen molar-refractivity contribution in [3.05, 3.63) is 54.6 Å². The third kappa shape index (κ3) is 5.96. The van der Waals surface area contributed by atoms with Crippen LogP contribution < -0.4 is 15.8 Å². The van der Waals surface area contributed by atoms with Gasteiger partial charge in [0.15, 0.2) is 5.75 Å². The minimum absolute atomic E-state index is 0. The molecular formula is C22H30ClN3O2. The minimum atomic E-state index is -0.00760. The minimum Gasteiger partial charge on any atom is -0.455 e. The molecule has 0 bridgehead atoms. The Morgan fingerprint density at radius 2 is 1.86 bits per heavy atom. The second kappa shape index (κ2) is 9.92. The molecule has 2 aromatic carbocycles. The fourth-order valence-corrected chi connectivity index (χ4v) is 3.42. The molecule has 152 valence electrons. The van der Waals surface area contributed by atoms with Gasteiger partial charge in [-0.25, -0.2) is 0 Å². The number of carbonyl (C=O) groups is 1. The monoisotopic (exact) mass is 403 g/mol. The molecule has 1 heterocycles. The molecule has 2 aromatic rings. The lowest BCUT2D eigenvalue weighted by molar-refractivity contribution is -0.116. The van der Waals surface area contributed by atoms with Crippen LogP contribution >= 0.6 is 12.4 Å². The van der Waals surface area contributed by atoms with Crippen molar-refractivity contribution in [3.63, 3.8) is 0 Å². The summed E-state index contributed by atoms with van der Waals surface area (Å²) in [5.41, 5.74) is 6.97. The molecule has 1 aliphatic rings. The smallest absolute Gasteiger partial charge is 0.225 e. The van der Waals surface area contributed by atoms with E-state index in [1.165, 1.54) is 0 Å². The molecule has 0 spiro atoms. The molecule has 0 saturated carbocycles. The fourth-order valence-electron chi connectivity index (χ4n) is 3.42. The van der Waals surface area contributed by atoms with Gasteiger partial charge in [-0.15, -0.1) is 12.4 Å². The normalized spacial score (nSPS) is 18.8. The summed E-state index contributed by atoms with van der Waals surface area (Å²) in [6.45, 7) is 7.01. The molecule has 1 aliphatic heterocycles. The molecule has 1 fully saturated rings. The number of para-hydroxylation sites is 3. The summed E-state index contributed by atoms with van der Waals surface area (Å²) in [5.74, 6) is 1.38. The number of carbonyl (C=O) groups excluding carboxylic acids is 1. The van der Waals surface area contributed by atoms with E-state index in [0.29, 0.717) is 17.9 Å². The van der Waals surface area contributed by atoms with E-state index in [2.05, 4.69) is 24.1 Å². The number of nitrogens with two attached hydrogens (primary N) is 1. The fraction of sp³-hybridized carbons (Fsp3) is 0.409. The van der Waals surface area contributed by atoms with E-state index in [1.807, 2.05) is 54.6 Å². The molecule has 1 amide bonds. The Morgan fingerprint density at radius 3 is 2.57 bits per heavy atom. The molecule has 1 atom stereocenters. The Balaban J connectivity index is 0.00000280. The van der Waals surface area contributed by atoms with E-state index >= 15 is 0 Å². The van der Waals surface area contributed by atoms with Gasteiger partial charge in [-0.1, -0.05) is 44.2 Å². The topological polar surface area (TPSA) is 67.6 Å². The van der Waals surface area contributed by atoms with E-state index in [1.54, 1.807) is 0 Å². The number of halogens is 1. The summed E-state index contributed by atoms with van der Waals surface area (Å²) in [4.78, 5) is 14.8. The van der Waals surface area contributed by atoms with Gasteiger partial charge in [0.2, 0.25) is 5.91 Å². The van der Waals surface area contributed by atoms with E-state index < -0.39 is 0 Å². The Morgan fingerprint density at radius 1 is 1.18 bits per heavy atom. The van der Waals surface area contributed by atoms with Gasteiger partial charge in [0.05, 0.1) is 5.69 Å². The predicted octanol–water partition coefficient (Wildman–Crippen LogP) is 4.29. The maximum Gasteiger partial charge on any atom is 0.225 e. The first-order valence-electron chi connectivity index (χ1n) is 9.54. The van der Waals surface area contributed by atoms with Crippen LogP contribution in [0.25, 0.3) is 0 Å². The number of nitrogens with one attached hydrogen (secondary N) is 1. The van der Waals surface area contributed by atoms with Crippen LogP contribution in [-0.2, 0) is 4.79 Å². The number of nitrogens with zero attached hydrogens (tertiary/aromatic N) is 1. The molecule has 1 unspecified atom stereocenters. The van der Waals surface area contributed by atoms with Gasteiger partial charge in [0, 0.05) is 25.6 Å². The summed E-state index contributed by atoms with van der Waals surface area (Å²) in [6, 6.07) is 17.3. The second-order valence-corrected chi connectivity index (χ2v) is 7.87. The third-order valence-corrected chi connectivity index (χ3v) is 5.18. The van der Waals surface area contributed by atoms with E-state index in [4.69, 9.17) is 10.5 Å². The van der Waals surface area contributed by atoms with Gasteiger partial charge < -0.3 is 20.7 Å². The van der Waals surface area contributed by atoms with E-state index in [0.717, 1.165) is 31.8 Å². The SMILES string of the molecule is CC1(C)CN(CCC(=O)Nc2ccccc2Oc2ccccc2)CCC1N.Cl. The third-order valence-electron chi connectivity index (χ3n) is 5.18. The van der Waals surface area contributed by atoms with Gasteiger partial charge in [0.25, 0.3) is 0 Å². The zero-order valence-corrected chi connectivity index (χ0v) is 17.4. The summed E-state index contributed by atoms with van der Waals surface area (Å²) >= 11 is 0. The molecule has 0 aromatic heterocycles. The van der Waals surface area contributed by atoms with Gasteiger partial charge in [-0.2, -0.15) is 0 Å². The Labute approximate surface area is 173 Å². The maximum atomic E-state index is 12.5. The summed E-state index contributed by atoms with van der Waals surface area (Å²) in [7, 11) is 0. The number of hydrogen-bond donors (Lipinski definition) is 2. The summed E-state index contributed by atoms with van der Waals surface area (Å²) in [5, 5.41) is 2.98. The zero-order chi connectivity index (χ0) is 19.3. The molecule has 0 aliphatic carbocycles. The predicted molar refractivity (Wildman–Crippen MR) is 116 cm³/mol. The highest BCUT2D eigenvalue weighted by atomic mass is 35.5. The lowest BCUT2D eigenvalue weighted by Crippen LogP contribution is -2.52. The molecule has 6 heteroatoms. The Kier molecular flexibility index (Phi) is 7.87. The standard InChI is InChI=1S/C22H29N3O2.ClH/c1-22(2)16-25(14-12-20(22)23)15-13-21(26)24-18-10-6-7-11-19(18)27-17-8-4-3-5-9-17;/h3-11,20H,12-16,23H2,1-2H3,(H,24,26);1H. The van der Waals surface area contributed by atoms with Crippen molar-refractivity contribution in [2.45, 2.75) is 32.7 Å². The first kappa shape index (κ1) is 22.2. The lowest BCUT2D eigenvalue weighted by Gasteiger charge is -2.42. The lowest BCUT2D eigenvalue weighted by atomic mass is 9.80. The van der Waals surface area contributed by atoms with Crippen molar-refractivity contribution in [1.29, 1.82) is 0 Å². The molecule has 5 nitrogen and oxygen atoms in total. The second-order valence-electron chi connectivity index (χ2n) is 7.87. The Hall–Kier alpha value is -2.08. The van der Waals surface area contributed by atoms with Crippen LogP contribution in [0.15, 0.2) is 54.6 Å². The van der Waals surface area contributed by atoms with Crippen LogP contribution in [0.4, 0.5) is 5.69 Å². The molecule has 3 rings (SSSR count). The highest BCUT2D eigenvalue weighted by molar-refractivity contribution is 5.92. The number of piperidine rings is 1. The molecule has 0 radical (unpaired) electrons. The first-order valence-corrected chi connectivity index (χ1v) is 9.54. The van der Waals surface area contributed by atoms with Crippen molar-refractivity contribution in [2.24, 2.45) is 11.1 Å². The first-order chi connectivity index (χ1) is 12.9. The van der Waals surface area contributed by atoms with Crippen LogP contribution in [0.3, 0.4) is 0 Å². The van der Waals surface area contributed by atoms with Crippen LogP contribution in [0.2, 0.25) is 0 Å². The number of benzene rings is 2. The molecule has 1 saturated heterocycles. The number of likely N-dealkylation sites (tertiary alicyclic amines) is 1. The van der Waals surface area contributed by atoms with Crippen molar-refractivity contribution < 1.29 is 9.53 Å². The zero-order valence-electron chi connectivity index (χ0n) is 16.6. The number of amides is 1. The molecule has 28 heavy (non-hydrogen) atoms.